The van der Waals surface area contributed by atoms with E-state index in [1.807, 2.05) is 18.2 Å². The normalized spacial score (nSPS) is 28.5. The van der Waals surface area contributed by atoms with E-state index in [4.69, 9.17) is 27.5 Å². The fraction of sp³-hybridized carbons (Fsp3) is 0.440. The van der Waals surface area contributed by atoms with Crippen LogP contribution in [-0.2, 0) is 23.2 Å². The zero-order valence-corrected chi connectivity index (χ0v) is 18.9. The molecule has 6 atom stereocenters. The third-order valence-corrected chi connectivity index (χ3v) is 6.84. The average Bonchev–Trinajstić information content (AvgIpc) is 3.31. The first-order valence-corrected chi connectivity index (χ1v) is 11.1. The highest BCUT2D eigenvalue weighted by atomic mass is 35.5. The first kappa shape index (κ1) is 24.0. The van der Waals surface area contributed by atoms with Crippen molar-refractivity contribution >= 4 is 11.6 Å². The summed E-state index contributed by atoms with van der Waals surface area (Å²) >= 11 is 6.66. The number of halogens is 1. The van der Waals surface area contributed by atoms with Crippen LogP contribution in [0.5, 0.6) is 5.75 Å². The van der Waals surface area contributed by atoms with Gasteiger partial charge in [0.25, 0.3) is 0 Å². The zero-order chi connectivity index (χ0) is 23.9. The summed E-state index contributed by atoms with van der Waals surface area (Å²) < 4.78 is 11.6. The summed E-state index contributed by atoms with van der Waals surface area (Å²) in [5.74, 6) is 2.86. The van der Waals surface area contributed by atoms with Gasteiger partial charge < -0.3 is 35.0 Å². The number of hydrogen-bond donors (Lipinski definition) is 5. The Balaban J connectivity index is 1.70. The van der Waals surface area contributed by atoms with Crippen LogP contribution in [0.3, 0.4) is 0 Å². The quantitative estimate of drug-likeness (QED) is 0.413. The van der Waals surface area contributed by atoms with Crippen molar-refractivity contribution in [3.05, 3.63) is 63.2 Å². The van der Waals surface area contributed by atoms with Gasteiger partial charge in [0.2, 0.25) is 0 Å². The maximum Gasteiger partial charge on any atom is 0.147 e. The Hall–Kier alpha value is -2.15. The maximum atomic E-state index is 10.7. The summed E-state index contributed by atoms with van der Waals surface area (Å²) in [4.78, 5) is 0. The molecular formula is C25H27ClO7. The molecule has 1 fully saturated rings. The predicted molar refractivity (Wildman–Crippen MR) is 121 cm³/mol. The highest BCUT2D eigenvalue weighted by molar-refractivity contribution is 6.33. The number of aliphatic hydroxyl groups is 5. The second-order valence-corrected chi connectivity index (χ2v) is 9.06. The highest BCUT2D eigenvalue weighted by Crippen LogP contribution is 2.44. The molecule has 0 saturated carbocycles. The standard InChI is InChI=1S/C25H27ClO7/c1-3-25(2,31)15-6-4-13(5-7-15)10-14-11-17(16-8-9-32-23(16)19(14)26)24-22(30)21(29)20(28)18(12-27)33-24/h1,4-7,11,18,20-22,24,27-31H,8-10,12H2,2H3/t18-,20-,21+,22-,24+,25?/m1/s1. The molecule has 2 heterocycles. The number of terminal acetylenes is 1. The molecule has 1 unspecified atom stereocenters. The molecule has 2 aliphatic rings. The number of hydrogen-bond acceptors (Lipinski definition) is 7. The van der Waals surface area contributed by atoms with E-state index in [0.717, 1.165) is 16.7 Å². The molecule has 0 spiro atoms. The van der Waals surface area contributed by atoms with Crippen LogP contribution in [0, 0.1) is 12.3 Å². The monoisotopic (exact) mass is 474 g/mol. The topological polar surface area (TPSA) is 120 Å². The van der Waals surface area contributed by atoms with Crippen molar-refractivity contribution < 1.29 is 35.0 Å². The Kier molecular flexibility index (Phi) is 6.72. The van der Waals surface area contributed by atoms with Crippen LogP contribution in [0.15, 0.2) is 30.3 Å². The van der Waals surface area contributed by atoms with Gasteiger partial charge in [-0.3, -0.25) is 0 Å². The fourth-order valence-electron chi connectivity index (χ4n) is 4.40. The molecule has 0 radical (unpaired) electrons. The molecule has 0 amide bonds. The second kappa shape index (κ2) is 9.24. The van der Waals surface area contributed by atoms with Crippen molar-refractivity contribution in [2.24, 2.45) is 0 Å². The summed E-state index contributed by atoms with van der Waals surface area (Å²) in [6, 6.07) is 9.02. The van der Waals surface area contributed by atoms with E-state index >= 15 is 0 Å². The molecule has 5 N–H and O–H groups in total. The van der Waals surface area contributed by atoms with Crippen molar-refractivity contribution in [1.29, 1.82) is 0 Å². The molecule has 0 aromatic heterocycles. The van der Waals surface area contributed by atoms with Crippen LogP contribution in [0.1, 0.15) is 40.8 Å². The number of fused-ring (bicyclic) bond motifs is 1. The summed E-state index contributed by atoms with van der Waals surface area (Å²) in [6.45, 7) is 1.45. The Morgan fingerprint density at radius 1 is 1.15 bits per heavy atom. The molecule has 4 rings (SSSR count). The Bertz CT molecular complexity index is 1060. The minimum Gasteiger partial charge on any atom is -0.491 e. The van der Waals surface area contributed by atoms with Crippen molar-refractivity contribution in [1.82, 2.24) is 0 Å². The van der Waals surface area contributed by atoms with E-state index in [-0.39, 0.29) is 0 Å². The van der Waals surface area contributed by atoms with Crippen LogP contribution in [0.2, 0.25) is 5.02 Å². The van der Waals surface area contributed by atoms with Crippen LogP contribution < -0.4 is 4.74 Å². The molecule has 176 valence electrons. The Labute approximate surface area is 197 Å². The van der Waals surface area contributed by atoms with Crippen LogP contribution in [0.25, 0.3) is 0 Å². The summed E-state index contributed by atoms with van der Waals surface area (Å²) in [5, 5.41) is 51.3. The summed E-state index contributed by atoms with van der Waals surface area (Å²) in [6.07, 6.45) is 0.0839. The van der Waals surface area contributed by atoms with Gasteiger partial charge in [0.1, 0.15) is 41.9 Å². The first-order chi connectivity index (χ1) is 15.7. The van der Waals surface area contributed by atoms with Gasteiger partial charge in [0.15, 0.2) is 0 Å². The minimum atomic E-state index is -1.48. The van der Waals surface area contributed by atoms with Crippen LogP contribution >= 0.6 is 11.6 Å². The van der Waals surface area contributed by atoms with Crippen LogP contribution in [-0.4, -0.2) is 63.2 Å². The molecule has 8 heteroatoms. The van der Waals surface area contributed by atoms with Gasteiger partial charge in [-0.05, 0) is 35.6 Å². The van der Waals surface area contributed by atoms with Crippen molar-refractivity contribution in [3.8, 4) is 18.1 Å². The van der Waals surface area contributed by atoms with Gasteiger partial charge in [-0.15, -0.1) is 6.42 Å². The third-order valence-electron chi connectivity index (χ3n) is 6.42. The van der Waals surface area contributed by atoms with Gasteiger partial charge in [-0.2, -0.15) is 0 Å². The van der Waals surface area contributed by atoms with Gasteiger partial charge >= 0.3 is 0 Å². The number of rotatable bonds is 5. The Morgan fingerprint density at radius 3 is 2.48 bits per heavy atom. The molecule has 2 aliphatic heterocycles. The molecule has 1 saturated heterocycles. The van der Waals surface area contributed by atoms with E-state index in [1.165, 1.54) is 0 Å². The Morgan fingerprint density at radius 2 is 1.85 bits per heavy atom. The van der Waals surface area contributed by atoms with Crippen molar-refractivity contribution in [2.45, 2.75) is 55.9 Å². The van der Waals surface area contributed by atoms with Crippen molar-refractivity contribution in [2.75, 3.05) is 13.2 Å². The molecule has 7 nitrogen and oxygen atoms in total. The summed E-state index contributed by atoms with van der Waals surface area (Å²) in [7, 11) is 0. The SMILES string of the molecule is C#CC(C)(O)c1ccc(Cc2cc([C@@H]3O[C@H](CO)[C@@H](O)[C@H](O)[C@H]3O)c3c(c2Cl)OCC3)cc1. The maximum absolute atomic E-state index is 10.7. The molecule has 0 bridgehead atoms. The van der Waals surface area contributed by atoms with E-state index in [1.54, 1.807) is 19.1 Å². The first-order valence-electron chi connectivity index (χ1n) is 10.7. The molecular weight excluding hydrogens is 448 g/mol. The van der Waals surface area contributed by atoms with Crippen LogP contribution in [0.4, 0.5) is 0 Å². The predicted octanol–water partition coefficient (Wildman–Crippen LogP) is 1.22. The lowest BCUT2D eigenvalue weighted by Gasteiger charge is -2.40. The van der Waals surface area contributed by atoms with E-state index < -0.39 is 42.7 Å². The number of benzene rings is 2. The average molecular weight is 475 g/mol. The van der Waals surface area contributed by atoms with Gasteiger partial charge in [0.05, 0.1) is 18.2 Å². The second-order valence-electron chi connectivity index (χ2n) is 8.68. The lowest BCUT2D eigenvalue weighted by Crippen LogP contribution is -2.55. The highest BCUT2D eigenvalue weighted by Gasteiger charge is 2.45. The van der Waals surface area contributed by atoms with Gasteiger partial charge in [0, 0.05) is 12.0 Å². The molecule has 33 heavy (non-hydrogen) atoms. The zero-order valence-electron chi connectivity index (χ0n) is 18.1. The summed E-state index contributed by atoms with van der Waals surface area (Å²) in [5.41, 5.74) is 2.23. The third kappa shape index (κ3) is 4.36. The lowest BCUT2D eigenvalue weighted by atomic mass is 9.87. The van der Waals surface area contributed by atoms with Gasteiger partial charge in [-0.25, -0.2) is 0 Å². The van der Waals surface area contributed by atoms with E-state index in [0.29, 0.717) is 41.3 Å². The largest absolute Gasteiger partial charge is 0.491 e. The molecule has 2 aromatic carbocycles. The molecule has 2 aromatic rings. The number of aliphatic hydroxyl groups excluding tert-OH is 4. The van der Waals surface area contributed by atoms with E-state index in [2.05, 4.69) is 5.92 Å². The van der Waals surface area contributed by atoms with E-state index in [9.17, 15) is 25.5 Å². The van der Waals surface area contributed by atoms with Crippen molar-refractivity contribution in [3.63, 3.8) is 0 Å². The fourth-order valence-corrected chi connectivity index (χ4v) is 4.69. The molecule has 0 aliphatic carbocycles. The van der Waals surface area contributed by atoms with Gasteiger partial charge in [-0.1, -0.05) is 47.9 Å². The number of ether oxygens (including phenoxy) is 2. The smallest absolute Gasteiger partial charge is 0.147 e. The minimum absolute atomic E-state index is 0.415. The lowest BCUT2D eigenvalue weighted by molar-refractivity contribution is -0.231.